The Hall–Kier alpha value is -2.44. The van der Waals surface area contributed by atoms with Gasteiger partial charge in [0.15, 0.2) is 0 Å². The highest BCUT2D eigenvalue weighted by molar-refractivity contribution is 5.90. The molecule has 126 valence electrons. The van der Waals surface area contributed by atoms with Crippen LogP contribution in [0.4, 0.5) is 0 Å². The van der Waals surface area contributed by atoms with E-state index in [9.17, 15) is 9.59 Å². The van der Waals surface area contributed by atoms with Crippen molar-refractivity contribution in [3.05, 3.63) is 17.7 Å². The van der Waals surface area contributed by atoms with E-state index in [1.165, 1.54) is 0 Å². The van der Waals surface area contributed by atoms with E-state index in [4.69, 9.17) is 14.2 Å². The van der Waals surface area contributed by atoms with Gasteiger partial charge in [0.2, 0.25) is 11.8 Å². The van der Waals surface area contributed by atoms with Gasteiger partial charge in [-0.3, -0.25) is 9.59 Å². The van der Waals surface area contributed by atoms with Crippen molar-refractivity contribution in [1.29, 1.82) is 0 Å². The molecule has 1 fully saturated rings. The first-order valence-electron chi connectivity index (χ1n) is 7.45. The number of carbonyl (C=O) groups excluding carboxylic acids is 2. The van der Waals surface area contributed by atoms with Crippen LogP contribution in [0, 0.1) is 0 Å². The highest BCUT2D eigenvalue weighted by atomic mass is 16.5. The lowest BCUT2D eigenvalue weighted by Crippen LogP contribution is -2.42. The molecule has 0 aromatic heterocycles. The lowest BCUT2D eigenvalue weighted by molar-refractivity contribution is -0.125. The van der Waals surface area contributed by atoms with Crippen molar-refractivity contribution < 1.29 is 23.8 Å². The molecular formula is C16H22N2O5. The van der Waals surface area contributed by atoms with Crippen LogP contribution >= 0.6 is 0 Å². The maximum atomic E-state index is 12.0. The maximum absolute atomic E-state index is 12.0. The van der Waals surface area contributed by atoms with Crippen LogP contribution in [0.3, 0.4) is 0 Å². The van der Waals surface area contributed by atoms with Gasteiger partial charge in [0, 0.05) is 30.7 Å². The second-order valence-electron chi connectivity index (χ2n) is 5.21. The second kappa shape index (κ2) is 7.71. The maximum Gasteiger partial charge on any atom is 0.242 e. The molecular weight excluding hydrogens is 300 g/mol. The number of nitrogens with one attached hydrogen (secondary N) is 2. The quantitative estimate of drug-likeness (QED) is 0.770. The van der Waals surface area contributed by atoms with Crippen molar-refractivity contribution in [3.63, 3.8) is 0 Å². The van der Waals surface area contributed by atoms with Crippen molar-refractivity contribution in [3.8, 4) is 17.2 Å². The Labute approximate surface area is 135 Å². The van der Waals surface area contributed by atoms with Gasteiger partial charge in [-0.1, -0.05) is 0 Å². The summed E-state index contributed by atoms with van der Waals surface area (Å²) in [5.41, 5.74) is 0.853. The van der Waals surface area contributed by atoms with E-state index >= 15 is 0 Å². The van der Waals surface area contributed by atoms with E-state index in [-0.39, 0.29) is 11.8 Å². The summed E-state index contributed by atoms with van der Waals surface area (Å²) in [6.45, 7) is 0.421. The second-order valence-corrected chi connectivity index (χ2v) is 5.21. The normalized spacial score (nSPS) is 16.7. The highest BCUT2D eigenvalue weighted by Crippen LogP contribution is 2.34. The van der Waals surface area contributed by atoms with E-state index in [0.717, 1.165) is 5.56 Å². The number of hydrogen-bond acceptors (Lipinski definition) is 5. The summed E-state index contributed by atoms with van der Waals surface area (Å²) in [6, 6.07) is 3.12. The van der Waals surface area contributed by atoms with E-state index in [1.54, 1.807) is 33.5 Å². The monoisotopic (exact) mass is 322 g/mol. The number of rotatable bonds is 7. The standard InChI is InChI=1S/C16H22N2O5/c1-21-10-8-13(22-2)11(14(9-10)23-3)6-7-17-16(20)12-4-5-15(19)18-12/h8-9,12H,4-7H2,1-3H3,(H,17,20)(H,18,19). The lowest BCUT2D eigenvalue weighted by atomic mass is 10.1. The first-order chi connectivity index (χ1) is 11.1. The first-order valence-corrected chi connectivity index (χ1v) is 7.45. The molecule has 1 heterocycles. The number of hydrogen-bond donors (Lipinski definition) is 2. The number of benzene rings is 1. The Morgan fingerprint density at radius 3 is 2.35 bits per heavy atom. The highest BCUT2D eigenvalue weighted by Gasteiger charge is 2.26. The summed E-state index contributed by atoms with van der Waals surface area (Å²) in [5.74, 6) is 1.68. The first kappa shape index (κ1) is 16.9. The zero-order chi connectivity index (χ0) is 16.8. The molecule has 1 aliphatic heterocycles. The lowest BCUT2D eigenvalue weighted by Gasteiger charge is -2.16. The van der Waals surface area contributed by atoms with E-state index in [1.807, 2.05) is 0 Å². The van der Waals surface area contributed by atoms with Gasteiger partial charge in [0.25, 0.3) is 0 Å². The SMILES string of the molecule is COc1cc(OC)c(CCNC(=O)C2CCC(=O)N2)c(OC)c1. The molecule has 0 aliphatic carbocycles. The average Bonchev–Trinajstić information content (AvgIpc) is 3.01. The number of ether oxygens (including phenoxy) is 3. The van der Waals surface area contributed by atoms with Gasteiger partial charge in [0.05, 0.1) is 21.3 Å². The van der Waals surface area contributed by atoms with Gasteiger partial charge < -0.3 is 24.8 Å². The van der Waals surface area contributed by atoms with E-state index in [0.29, 0.717) is 43.1 Å². The Morgan fingerprint density at radius 1 is 1.22 bits per heavy atom. The predicted molar refractivity (Wildman–Crippen MR) is 84.0 cm³/mol. The Kier molecular flexibility index (Phi) is 5.67. The van der Waals surface area contributed by atoms with Crippen LogP contribution in [0.25, 0.3) is 0 Å². The topological polar surface area (TPSA) is 85.9 Å². The molecule has 1 atom stereocenters. The smallest absolute Gasteiger partial charge is 0.242 e. The molecule has 1 aromatic carbocycles. The van der Waals surface area contributed by atoms with Crippen molar-refractivity contribution in [2.75, 3.05) is 27.9 Å². The Balaban J connectivity index is 1.99. The zero-order valence-corrected chi connectivity index (χ0v) is 13.6. The summed E-state index contributed by atoms with van der Waals surface area (Å²) in [6.07, 6.45) is 1.49. The zero-order valence-electron chi connectivity index (χ0n) is 13.6. The van der Waals surface area contributed by atoms with Gasteiger partial charge in [-0.2, -0.15) is 0 Å². The molecule has 1 unspecified atom stereocenters. The minimum absolute atomic E-state index is 0.0800. The van der Waals surface area contributed by atoms with Crippen LogP contribution < -0.4 is 24.8 Å². The molecule has 0 saturated carbocycles. The van der Waals surface area contributed by atoms with Gasteiger partial charge >= 0.3 is 0 Å². The molecule has 7 nitrogen and oxygen atoms in total. The van der Waals surface area contributed by atoms with Crippen LogP contribution in [0.2, 0.25) is 0 Å². The molecule has 2 rings (SSSR count). The van der Waals surface area contributed by atoms with Crippen LogP contribution in [0.1, 0.15) is 18.4 Å². The fourth-order valence-electron chi connectivity index (χ4n) is 2.57. The largest absolute Gasteiger partial charge is 0.496 e. The predicted octanol–water partition coefficient (Wildman–Crippen LogP) is 0.650. The van der Waals surface area contributed by atoms with Gasteiger partial charge in [0.1, 0.15) is 23.3 Å². The average molecular weight is 322 g/mol. The molecule has 1 saturated heterocycles. The van der Waals surface area contributed by atoms with Gasteiger partial charge in [-0.25, -0.2) is 0 Å². The van der Waals surface area contributed by atoms with Gasteiger partial charge in [-0.05, 0) is 12.8 Å². The van der Waals surface area contributed by atoms with Crippen molar-refractivity contribution in [1.82, 2.24) is 10.6 Å². The third-order valence-corrected chi connectivity index (χ3v) is 3.80. The molecule has 1 aliphatic rings. The fourth-order valence-corrected chi connectivity index (χ4v) is 2.57. The van der Waals surface area contributed by atoms with Crippen molar-refractivity contribution >= 4 is 11.8 Å². The van der Waals surface area contributed by atoms with Crippen LogP contribution in [0.15, 0.2) is 12.1 Å². The van der Waals surface area contributed by atoms with Gasteiger partial charge in [-0.15, -0.1) is 0 Å². The van der Waals surface area contributed by atoms with E-state index in [2.05, 4.69) is 10.6 Å². The molecule has 1 aromatic rings. The molecule has 0 spiro atoms. The molecule has 7 heteroatoms. The Morgan fingerprint density at radius 2 is 1.87 bits per heavy atom. The molecule has 0 radical (unpaired) electrons. The molecule has 23 heavy (non-hydrogen) atoms. The van der Waals surface area contributed by atoms with Crippen LogP contribution in [-0.4, -0.2) is 45.7 Å². The minimum atomic E-state index is -0.429. The van der Waals surface area contributed by atoms with Crippen molar-refractivity contribution in [2.24, 2.45) is 0 Å². The van der Waals surface area contributed by atoms with Crippen molar-refractivity contribution in [2.45, 2.75) is 25.3 Å². The summed E-state index contributed by atoms with van der Waals surface area (Å²) in [5, 5.41) is 5.47. The van der Waals surface area contributed by atoms with Crippen LogP contribution in [0.5, 0.6) is 17.2 Å². The molecule has 2 amide bonds. The summed E-state index contributed by atoms with van der Waals surface area (Å²) >= 11 is 0. The summed E-state index contributed by atoms with van der Waals surface area (Å²) in [7, 11) is 4.72. The third kappa shape index (κ3) is 4.06. The third-order valence-electron chi connectivity index (χ3n) is 3.80. The summed E-state index contributed by atoms with van der Waals surface area (Å²) < 4.78 is 15.9. The van der Waals surface area contributed by atoms with Crippen LogP contribution in [-0.2, 0) is 16.0 Å². The number of amides is 2. The molecule has 0 bridgehead atoms. The molecule has 2 N–H and O–H groups in total. The summed E-state index contributed by atoms with van der Waals surface area (Å²) in [4.78, 5) is 23.1. The fraction of sp³-hybridized carbons (Fsp3) is 0.500. The number of methoxy groups -OCH3 is 3. The number of carbonyl (C=O) groups is 2. The van der Waals surface area contributed by atoms with E-state index < -0.39 is 6.04 Å². The minimum Gasteiger partial charge on any atom is -0.496 e. The Bertz CT molecular complexity index is 563.